The topological polar surface area (TPSA) is 216 Å². The van der Waals surface area contributed by atoms with Crippen molar-refractivity contribution in [1.29, 1.82) is 5.41 Å². The van der Waals surface area contributed by atoms with Gasteiger partial charge in [-0.3, -0.25) is 14.8 Å². The zero-order valence-electron chi connectivity index (χ0n) is 16.8. The van der Waals surface area contributed by atoms with Crippen molar-refractivity contribution >= 4 is 36.1 Å². The molecule has 0 aromatic carbocycles. The van der Waals surface area contributed by atoms with Gasteiger partial charge in [-0.25, -0.2) is 9.59 Å². The molecule has 2 heterocycles. The van der Waals surface area contributed by atoms with Gasteiger partial charge in [-0.1, -0.05) is 6.08 Å². The third kappa shape index (κ3) is 7.24. The van der Waals surface area contributed by atoms with Crippen molar-refractivity contribution in [1.82, 2.24) is 19.8 Å². The van der Waals surface area contributed by atoms with Crippen LogP contribution in [0, 0.1) is 5.41 Å². The molecular weight excluding hydrogens is 432 g/mol. The van der Waals surface area contributed by atoms with E-state index in [-0.39, 0.29) is 30.6 Å². The summed E-state index contributed by atoms with van der Waals surface area (Å²) in [6, 6.07) is -0.0702. The normalized spacial score (nSPS) is 20.9. The van der Waals surface area contributed by atoms with Gasteiger partial charge in [0.1, 0.15) is 5.82 Å². The first-order valence-corrected chi connectivity index (χ1v) is 9.10. The Hall–Kier alpha value is -3.16. The predicted molar refractivity (Wildman–Crippen MR) is 115 cm³/mol. The molecule has 1 aliphatic rings. The number of carboxylic acids is 1. The number of ether oxygens (including phenoxy) is 1. The first-order valence-electron chi connectivity index (χ1n) is 9.10. The number of aromatic nitrogens is 2. The highest BCUT2D eigenvalue weighted by atomic mass is 35.5. The van der Waals surface area contributed by atoms with Crippen LogP contribution in [-0.2, 0) is 14.3 Å². The van der Waals surface area contributed by atoms with E-state index in [0.717, 1.165) is 4.57 Å². The Kier molecular flexibility index (Phi) is 9.42. The summed E-state index contributed by atoms with van der Waals surface area (Å²) in [6.07, 6.45) is 2.17. The van der Waals surface area contributed by atoms with Gasteiger partial charge in [0.2, 0.25) is 5.91 Å². The summed E-state index contributed by atoms with van der Waals surface area (Å²) in [7, 11) is 1.63. The summed E-state index contributed by atoms with van der Waals surface area (Å²) in [5, 5.41) is 19.4. The van der Waals surface area contributed by atoms with Gasteiger partial charge in [0.05, 0.1) is 6.04 Å². The van der Waals surface area contributed by atoms with E-state index in [4.69, 9.17) is 27.3 Å². The number of nitrogen functional groups attached to an aromatic ring is 1. The van der Waals surface area contributed by atoms with Crippen molar-refractivity contribution < 1.29 is 19.4 Å². The average Bonchev–Trinajstić information content (AvgIpc) is 2.66. The lowest BCUT2D eigenvalue weighted by atomic mass is 10.1. The Morgan fingerprint density at radius 2 is 2.13 bits per heavy atom. The van der Waals surface area contributed by atoms with E-state index < -0.39 is 42.0 Å². The first-order chi connectivity index (χ1) is 14.1. The number of guanidine groups is 1. The summed E-state index contributed by atoms with van der Waals surface area (Å²) in [5.74, 6) is -1.84. The van der Waals surface area contributed by atoms with Crippen LogP contribution in [-0.4, -0.2) is 69.2 Å². The number of amides is 1. The van der Waals surface area contributed by atoms with E-state index in [9.17, 15) is 19.5 Å². The van der Waals surface area contributed by atoms with Gasteiger partial charge in [-0.05, 0) is 18.6 Å². The van der Waals surface area contributed by atoms with Gasteiger partial charge < -0.3 is 37.3 Å². The monoisotopic (exact) mass is 458 g/mol. The highest BCUT2D eigenvalue weighted by molar-refractivity contribution is 5.85. The van der Waals surface area contributed by atoms with E-state index in [2.05, 4.69) is 10.3 Å². The number of hydrogen-bond donors (Lipinski definition) is 6. The first kappa shape index (κ1) is 25.9. The standard InChI is InChI=1S/C17H26N8O5.ClH/c1-24(16(20)21)6-4-9(18)8-12(26)22-10-2-3-13(30-14(10)15(27)28)25-7-5-11(19)23-17(25)29;/h2-3,5,7,9-10,13-14H,4,6,8,18H2,1H3,(H3,20,21)(H,22,26)(H,27,28)(H2,19,23,29);1H/t9?,10-,13+,14-;/m0./s1. The Bertz CT molecular complexity index is 892. The molecule has 0 saturated carbocycles. The van der Waals surface area contributed by atoms with Crippen LogP contribution in [0.5, 0.6) is 0 Å². The van der Waals surface area contributed by atoms with Crippen LogP contribution in [0.1, 0.15) is 19.1 Å². The van der Waals surface area contributed by atoms with Crippen molar-refractivity contribution in [2.24, 2.45) is 11.5 Å². The summed E-state index contributed by atoms with van der Waals surface area (Å²) < 4.78 is 6.57. The number of carboxylic acid groups (broad SMARTS) is 1. The van der Waals surface area contributed by atoms with Crippen LogP contribution < -0.4 is 28.2 Å². The number of anilines is 1. The fourth-order valence-electron chi connectivity index (χ4n) is 2.77. The van der Waals surface area contributed by atoms with E-state index in [0.29, 0.717) is 13.0 Å². The number of nitrogens with one attached hydrogen (secondary N) is 2. The molecule has 1 aromatic rings. The minimum absolute atomic E-state index is 0. The molecule has 9 N–H and O–H groups in total. The molecule has 4 atom stereocenters. The Morgan fingerprint density at radius 1 is 1.45 bits per heavy atom. The molecule has 13 nitrogen and oxygen atoms in total. The molecule has 1 aromatic heterocycles. The number of nitrogens with two attached hydrogens (primary N) is 3. The molecule has 2 rings (SSSR count). The van der Waals surface area contributed by atoms with Gasteiger partial charge in [-0.15, -0.1) is 12.4 Å². The maximum atomic E-state index is 12.3. The average molecular weight is 459 g/mol. The fourth-order valence-corrected chi connectivity index (χ4v) is 2.77. The maximum absolute atomic E-state index is 12.3. The van der Waals surface area contributed by atoms with Crippen LogP contribution in [0.15, 0.2) is 29.2 Å². The Morgan fingerprint density at radius 3 is 2.71 bits per heavy atom. The second-order valence-corrected chi connectivity index (χ2v) is 6.87. The highest BCUT2D eigenvalue weighted by Gasteiger charge is 2.35. The quantitative estimate of drug-likeness (QED) is 0.146. The molecule has 1 unspecified atom stereocenters. The molecule has 0 spiro atoms. The molecular formula is C17H27ClN8O5. The Balaban J connectivity index is 0.00000480. The molecule has 0 bridgehead atoms. The van der Waals surface area contributed by atoms with Crippen LogP contribution in [0.25, 0.3) is 0 Å². The highest BCUT2D eigenvalue weighted by Crippen LogP contribution is 2.20. The number of hydrogen-bond acceptors (Lipinski definition) is 8. The van der Waals surface area contributed by atoms with Crippen LogP contribution in [0.3, 0.4) is 0 Å². The molecule has 0 saturated heterocycles. The third-order valence-electron chi connectivity index (χ3n) is 4.49. The van der Waals surface area contributed by atoms with E-state index in [1.165, 1.54) is 29.3 Å². The lowest BCUT2D eigenvalue weighted by Gasteiger charge is -2.31. The van der Waals surface area contributed by atoms with E-state index in [1.807, 2.05) is 0 Å². The lowest BCUT2D eigenvalue weighted by molar-refractivity contribution is -0.159. The minimum Gasteiger partial charge on any atom is -0.479 e. The predicted octanol–water partition coefficient (Wildman–Crippen LogP) is -1.80. The van der Waals surface area contributed by atoms with Crippen LogP contribution >= 0.6 is 12.4 Å². The second kappa shape index (κ2) is 11.3. The molecule has 31 heavy (non-hydrogen) atoms. The lowest BCUT2D eigenvalue weighted by Crippen LogP contribution is -2.51. The zero-order valence-corrected chi connectivity index (χ0v) is 17.6. The van der Waals surface area contributed by atoms with Crippen molar-refractivity contribution in [2.45, 2.75) is 37.3 Å². The number of aliphatic carboxylic acids is 1. The zero-order chi connectivity index (χ0) is 22.4. The third-order valence-corrected chi connectivity index (χ3v) is 4.49. The molecule has 0 fully saturated rings. The number of nitrogens with zero attached hydrogens (tertiary/aromatic N) is 3. The van der Waals surface area contributed by atoms with Crippen LogP contribution in [0.4, 0.5) is 5.82 Å². The summed E-state index contributed by atoms with van der Waals surface area (Å²) >= 11 is 0. The second-order valence-electron chi connectivity index (χ2n) is 6.87. The van der Waals surface area contributed by atoms with Gasteiger partial charge in [0.25, 0.3) is 0 Å². The fraction of sp³-hybridized carbons (Fsp3) is 0.471. The van der Waals surface area contributed by atoms with Gasteiger partial charge in [0.15, 0.2) is 18.3 Å². The SMILES string of the molecule is CN(CCC(N)CC(=O)N[C@H]1C=C[C@H](n2ccc(N)nc2=O)O[C@@H]1C(=O)O)C(=N)N.Cl. The van der Waals surface area contributed by atoms with Crippen molar-refractivity contribution in [3.8, 4) is 0 Å². The molecule has 0 aliphatic carbocycles. The van der Waals surface area contributed by atoms with Crippen LogP contribution in [0.2, 0.25) is 0 Å². The summed E-state index contributed by atoms with van der Waals surface area (Å²) in [4.78, 5) is 40.9. The van der Waals surface area contributed by atoms with Gasteiger partial charge in [-0.2, -0.15) is 4.98 Å². The minimum atomic E-state index is -1.42. The van der Waals surface area contributed by atoms with E-state index in [1.54, 1.807) is 7.05 Å². The molecule has 1 aliphatic heterocycles. The maximum Gasteiger partial charge on any atom is 0.351 e. The molecule has 172 valence electrons. The largest absolute Gasteiger partial charge is 0.479 e. The number of carbonyl (C=O) groups is 2. The molecule has 0 radical (unpaired) electrons. The number of carbonyl (C=O) groups excluding carboxylic acids is 1. The van der Waals surface area contributed by atoms with Gasteiger partial charge >= 0.3 is 11.7 Å². The van der Waals surface area contributed by atoms with Crippen molar-refractivity contribution in [3.63, 3.8) is 0 Å². The summed E-state index contributed by atoms with van der Waals surface area (Å²) in [6.45, 7) is 0.403. The number of halogens is 1. The molecule has 1 amide bonds. The smallest absolute Gasteiger partial charge is 0.351 e. The molecule has 14 heteroatoms. The number of rotatable bonds is 8. The van der Waals surface area contributed by atoms with Crippen molar-refractivity contribution in [3.05, 3.63) is 34.9 Å². The van der Waals surface area contributed by atoms with Gasteiger partial charge in [0, 0.05) is 32.3 Å². The Labute approximate surface area is 184 Å². The van der Waals surface area contributed by atoms with Crippen molar-refractivity contribution in [2.75, 3.05) is 19.3 Å². The van der Waals surface area contributed by atoms with E-state index >= 15 is 0 Å². The summed E-state index contributed by atoms with van der Waals surface area (Å²) in [5.41, 5.74) is 16.0.